The lowest BCUT2D eigenvalue weighted by Gasteiger charge is -2.07. The molecule has 2 heteroatoms. The Balaban J connectivity index is 2.19. The molecule has 0 aliphatic rings. The van der Waals surface area contributed by atoms with Crippen LogP contribution in [0.2, 0.25) is 0 Å². The maximum atomic E-state index is 8.77. The fourth-order valence-corrected chi connectivity index (χ4v) is 2.66. The Labute approximate surface area is 111 Å². The van der Waals surface area contributed by atoms with Crippen molar-refractivity contribution < 1.29 is 5.11 Å². The van der Waals surface area contributed by atoms with Gasteiger partial charge in [0, 0.05) is 11.1 Å². The smallest absolute Gasteiger partial charge is 0.0431 e. The Morgan fingerprint density at radius 2 is 1.65 bits per heavy atom. The highest BCUT2D eigenvalue weighted by Crippen LogP contribution is 2.27. The molecule has 0 saturated carbocycles. The predicted molar refractivity (Wildman–Crippen MR) is 76.3 cm³/mol. The Bertz CT molecular complexity index is 493. The minimum Gasteiger partial charge on any atom is -0.396 e. The second-order valence-electron chi connectivity index (χ2n) is 4.29. The first-order valence-corrected chi connectivity index (χ1v) is 6.89. The van der Waals surface area contributed by atoms with E-state index in [1.54, 1.807) is 0 Å². The van der Waals surface area contributed by atoms with Gasteiger partial charge in [-0.2, -0.15) is 0 Å². The molecule has 0 aliphatic heterocycles. The van der Waals surface area contributed by atoms with Crippen LogP contribution in [0.1, 0.15) is 24.8 Å². The van der Waals surface area contributed by atoms with Crippen LogP contribution in [0, 0.1) is 0 Å². The number of aliphatic hydroxyl groups is 1. The summed E-state index contributed by atoms with van der Waals surface area (Å²) in [6, 6.07) is 12.8. The number of aliphatic hydroxyl groups excluding tert-OH is 1. The van der Waals surface area contributed by atoms with E-state index in [9.17, 15) is 0 Å². The van der Waals surface area contributed by atoms with Crippen molar-refractivity contribution in [2.75, 3.05) is 6.61 Å². The highest BCUT2D eigenvalue weighted by atomic mass is 79.9. The summed E-state index contributed by atoms with van der Waals surface area (Å²) in [5.74, 6) is 0. The predicted octanol–water partition coefficient (Wildman–Crippen LogP) is 4.31. The van der Waals surface area contributed by atoms with E-state index in [1.165, 1.54) is 16.3 Å². The van der Waals surface area contributed by atoms with Gasteiger partial charge in [0.25, 0.3) is 0 Å². The van der Waals surface area contributed by atoms with E-state index in [0.717, 1.165) is 30.2 Å². The first kappa shape index (κ1) is 12.6. The van der Waals surface area contributed by atoms with Crippen LogP contribution in [0.3, 0.4) is 0 Å². The van der Waals surface area contributed by atoms with Gasteiger partial charge in [-0.1, -0.05) is 52.7 Å². The largest absolute Gasteiger partial charge is 0.396 e. The van der Waals surface area contributed by atoms with E-state index in [-0.39, 0.29) is 0 Å². The van der Waals surface area contributed by atoms with Gasteiger partial charge >= 0.3 is 0 Å². The van der Waals surface area contributed by atoms with Crippen LogP contribution in [0.5, 0.6) is 0 Å². The fraction of sp³-hybridized carbons (Fsp3) is 0.333. The average molecular weight is 293 g/mol. The molecule has 0 atom stereocenters. The summed E-state index contributed by atoms with van der Waals surface area (Å²) in [7, 11) is 0. The van der Waals surface area contributed by atoms with Gasteiger partial charge in [-0.3, -0.25) is 0 Å². The van der Waals surface area contributed by atoms with Gasteiger partial charge < -0.3 is 5.11 Å². The molecule has 0 bridgehead atoms. The number of rotatable bonds is 5. The topological polar surface area (TPSA) is 20.2 Å². The van der Waals surface area contributed by atoms with Gasteiger partial charge in [-0.25, -0.2) is 0 Å². The lowest BCUT2D eigenvalue weighted by atomic mass is 10.00. The van der Waals surface area contributed by atoms with Crippen molar-refractivity contribution in [2.24, 2.45) is 0 Å². The maximum absolute atomic E-state index is 8.77. The van der Waals surface area contributed by atoms with Gasteiger partial charge in [-0.15, -0.1) is 0 Å². The van der Waals surface area contributed by atoms with Gasteiger partial charge in [0.2, 0.25) is 0 Å². The number of hydrogen-bond acceptors (Lipinski definition) is 1. The van der Waals surface area contributed by atoms with E-state index >= 15 is 0 Å². The Morgan fingerprint density at radius 1 is 0.882 bits per heavy atom. The molecule has 1 N–H and O–H groups in total. The molecule has 0 heterocycles. The zero-order chi connectivity index (χ0) is 12.1. The molecule has 0 spiro atoms. The molecule has 17 heavy (non-hydrogen) atoms. The quantitative estimate of drug-likeness (QED) is 0.815. The van der Waals surface area contributed by atoms with Crippen LogP contribution in [0.25, 0.3) is 10.8 Å². The standard InChI is InChI=1S/C15H17BrO/c16-15-10-5-8-13-12(6-2-1-3-11-17)7-4-9-14(13)15/h4-5,7-10,17H,1-3,6,11H2. The minimum absolute atomic E-state index is 0.307. The van der Waals surface area contributed by atoms with Crippen molar-refractivity contribution >= 4 is 26.7 Å². The highest BCUT2D eigenvalue weighted by Gasteiger charge is 2.02. The second-order valence-corrected chi connectivity index (χ2v) is 5.14. The monoisotopic (exact) mass is 292 g/mol. The molecule has 0 aromatic heterocycles. The minimum atomic E-state index is 0.307. The molecule has 1 nitrogen and oxygen atoms in total. The van der Waals surface area contributed by atoms with E-state index < -0.39 is 0 Å². The molecule has 0 amide bonds. The van der Waals surface area contributed by atoms with Crippen LogP contribution in [-0.4, -0.2) is 11.7 Å². The molecule has 0 saturated heterocycles. The van der Waals surface area contributed by atoms with Crippen LogP contribution in [0.4, 0.5) is 0 Å². The van der Waals surface area contributed by atoms with Gasteiger partial charge in [0.15, 0.2) is 0 Å². The molecule has 0 fully saturated rings. The third kappa shape index (κ3) is 3.08. The van der Waals surface area contributed by atoms with E-state index in [0.29, 0.717) is 6.61 Å². The first-order valence-electron chi connectivity index (χ1n) is 6.10. The van der Waals surface area contributed by atoms with Crippen molar-refractivity contribution in [1.82, 2.24) is 0 Å². The van der Waals surface area contributed by atoms with Gasteiger partial charge in [0.05, 0.1) is 0 Å². The summed E-state index contributed by atoms with van der Waals surface area (Å²) in [4.78, 5) is 0. The van der Waals surface area contributed by atoms with Crippen molar-refractivity contribution in [3.05, 3.63) is 46.4 Å². The third-order valence-electron chi connectivity index (χ3n) is 3.06. The zero-order valence-corrected chi connectivity index (χ0v) is 11.4. The normalized spacial score (nSPS) is 10.9. The summed E-state index contributed by atoms with van der Waals surface area (Å²) in [6.45, 7) is 0.307. The van der Waals surface area contributed by atoms with Crippen LogP contribution in [-0.2, 0) is 6.42 Å². The Hall–Kier alpha value is -0.860. The average Bonchev–Trinajstić information content (AvgIpc) is 2.36. The molecular weight excluding hydrogens is 276 g/mol. The number of halogens is 1. The molecule has 2 rings (SSSR count). The highest BCUT2D eigenvalue weighted by molar-refractivity contribution is 9.10. The summed E-state index contributed by atoms with van der Waals surface area (Å²) in [6.07, 6.45) is 4.25. The van der Waals surface area contributed by atoms with Crippen molar-refractivity contribution in [1.29, 1.82) is 0 Å². The summed E-state index contributed by atoms with van der Waals surface area (Å²) in [5, 5.41) is 11.4. The summed E-state index contributed by atoms with van der Waals surface area (Å²) < 4.78 is 1.16. The van der Waals surface area contributed by atoms with Crippen LogP contribution in [0.15, 0.2) is 40.9 Å². The lowest BCUT2D eigenvalue weighted by molar-refractivity contribution is 0.283. The van der Waals surface area contributed by atoms with Crippen molar-refractivity contribution in [3.63, 3.8) is 0 Å². The number of benzene rings is 2. The summed E-state index contributed by atoms with van der Waals surface area (Å²) in [5.41, 5.74) is 1.40. The SMILES string of the molecule is OCCCCCc1cccc2c(Br)cccc12. The lowest BCUT2D eigenvalue weighted by Crippen LogP contribution is -1.90. The molecule has 0 radical (unpaired) electrons. The fourth-order valence-electron chi connectivity index (χ4n) is 2.16. The van der Waals surface area contributed by atoms with Crippen molar-refractivity contribution in [2.45, 2.75) is 25.7 Å². The van der Waals surface area contributed by atoms with E-state index in [2.05, 4.69) is 52.3 Å². The number of hydrogen-bond donors (Lipinski definition) is 1. The van der Waals surface area contributed by atoms with Crippen molar-refractivity contribution in [3.8, 4) is 0 Å². The summed E-state index contributed by atoms with van der Waals surface area (Å²) >= 11 is 3.59. The molecule has 2 aromatic carbocycles. The zero-order valence-electron chi connectivity index (χ0n) is 9.82. The molecule has 2 aromatic rings. The maximum Gasteiger partial charge on any atom is 0.0431 e. The molecule has 90 valence electrons. The second kappa shape index (κ2) is 6.18. The molecule has 0 aliphatic carbocycles. The molecule has 0 unspecified atom stereocenters. The van der Waals surface area contributed by atoms with Crippen LogP contribution < -0.4 is 0 Å². The Morgan fingerprint density at radius 3 is 2.47 bits per heavy atom. The van der Waals surface area contributed by atoms with E-state index in [4.69, 9.17) is 5.11 Å². The number of fused-ring (bicyclic) bond motifs is 1. The molecular formula is C15H17BrO. The number of aryl methyl sites for hydroxylation is 1. The van der Waals surface area contributed by atoms with Gasteiger partial charge in [0.1, 0.15) is 0 Å². The number of unbranched alkanes of at least 4 members (excludes halogenated alkanes) is 2. The first-order chi connectivity index (χ1) is 8.33. The van der Waals surface area contributed by atoms with E-state index in [1.807, 2.05) is 0 Å². The van der Waals surface area contributed by atoms with Crippen LogP contribution >= 0.6 is 15.9 Å². The van der Waals surface area contributed by atoms with Gasteiger partial charge in [-0.05, 0) is 41.7 Å². The third-order valence-corrected chi connectivity index (χ3v) is 3.75. The Kier molecular flexibility index (Phi) is 4.57.